The van der Waals surface area contributed by atoms with Crippen molar-refractivity contribution in [2.45, 2.75) is 18.4 Å². The molecule has 3 rings (SSSR count). The van der Waals surface area contributed by atoms with Gasteiger partial charge in [0, 0.05) is 23.4 Å². The smallest absolute Gasteiger partial charge is 0.339 e. The first-order valence-corrected chi connectivity index (χ1v) is 9.53. The zero-order valence-corrected chi connectivity index (χ0v) is 15.5. The molecular weight excluding hydrogens is 386 g/mol. The van der Waals surface area contributed by atoms with Crippen LogP contribution in [0.3, 0.4) is 0 Å². The van der Waals surface area contributed by atoms with Crippen LogP contribution in [-0.2, 0) is 22.1 Å². The van der Waals surface area contributed by atoms with E-state index in [4.69, 9.17) is 9.15 Å². The van der Waals surface area contributed by atoms with Crippen molar-refractivity contribution in [3.05, 3.63) is 70.1 Å². The van der Waals surface area contributed by atoms with Crippen molar-refractivity contribution in [2.75, 3.05) is 5.75 Å². The van der Waals surface area contributed by atoms with Gasteiger partial charge in [-0.05, 0) is 24.3 Å². The third kappa shape index (κ3) is 4.29. The molecule has 0 N–H and O–H groups in total. The van der Waals surface area contributed by atoms with Crippen LogP contribution in [0.2, 0.25) is 0 Å². The first-order chi connectivity index (χ1) is 13.5. The molecule has 2 aromatic carbocycles. The number of rotatable bonds is 7. The highest BCUT2D eigenvalue weighted by atomic mass is 32.2. The number of nitro benzene ring substituents is 1. The molecule has 28 heavy (non-hydrogen) atoms. The number of ether oxygens (including phenoxy) is 1. The third-order valence-corrected chi connectivity index (χ3v) is 5.10. The lowest BCUT2D eigenvalue weighted by atomic mass is 10.2. The van der Waals surface area contributed by atoms with Crippen molar-refractivity contribution in [2.24, 2.45) is 0 Å². The van der Waals surface area contributed by atoms with Gasteiger partial charge in [-0.3, -0.25) is 14.3 Å². The number of non-ortho nitro benzene ring substituents is 1. The molecule has 1 aromatic heterocycles. The van der Waals surface area contributed by atoms with Crippen LogP contribution in [0.5, 0.6) is 0 Å². The van der Waals surface area contributed by atoms with Gasteiger partial charge in [-0.2, -0.15) is 0 Å². The number of esters is 1. The molecular formula is C18H15N3O6S. The first-order valence-electron chi connectivity index (χ1n) is 8.21. The van der Waals surface area contributed by atoms with Gasteiger partial charge in [0.2, 0.25) is 5.89 Å². The summed E-state index contributed by atoms with van der Waals surface area (Å²) >= 11 is 0. The maximum absolute atomic E-state index is 12.3. The van der Waals surface area contributed by atoms with Crippen LogP contribution in [0, 0.1) is 10.1 Å². The molecule has 0 aliphatic carbocycles. The van der Waals surface area contributed by atoms with Crippen molar-refractivity contribution >= 4 is 22.5 Å². The van der Waals surface area contributed by atoms with E-state index in [0.717, 1.165) is 0 Å². The minimum absolute atomic E-state index is 0.0550. The average Bonchev–Trinajstić information content (AvgIpc) is 3.20. The second-order valence-corrected chi connectivity index (χ2v) is 7.22. The predicted molar refractivity (Wildman–Crippen MR) is 98.9 cm³/mol. The molecule has 1 atom stereocenters. The number of nitrogens with zero attached hydrogens (tertiary/aromatic N) is 3. The van der Waals surface area contributed by atoms with Gasteiger partial charge in [0.05, 0.1) is 26.2 Å². The summed E-state index contributed by atoms with van der Waals surface area (Å²) in [7, 11) is -1.30. The molecule has 1 heterocycles. The highest BCUT2D eigenvalue weighted by molar-refractivity contribution is 7.85. The fraction of sp³-hybridized carbons (Fsp3) is 0.167. The molecule has 0 saturated carbocycles. The number of nitro groups is 1. The van der Waals surface area contributed by atoms with Crippen LogP contribution >= 0.6 is 0 Å². The van der Waals surface area contributed by atoms with Gasteiger partial charge < -0.3 is 9.15 Å². The van der Waals surface area contributed by atoms with E-state index in [2.05, 4.69) is 10.2 Å². The van der Waals surface area contributed by atoms with Gasteiger partial charge >= 0.3 is 5.97 Å². The fourth-order valence-electron chi connectivity index (χ4n) is 2.35. The van der Waals surface area contributed by atoms with Crippen LogP contribution in [0.1, 0.15) is 23.2 Å². The summed E-state index contributed by atoms with van der Waals surface area (Å²) in [6.07, 6.45) is 0. The minimum atomic E-state index is -1.30. The Morgan fingerprint density at radius 2 is 1.89 bits per heavy atom. The summed E-state index contributed by atoms with van der Waals surface area (Å²) < 4.78 is 22.7. The minimum Gasteiger partial charge on any atom is -0.452 e. The SMILES string of the molecule is CCS(=O)c1ccccc1C(=O)OCc1nnc(-c2ccc([N+](=O)[O-])cc2)o1. The van der Waals surface area contributed by atoms with E-state index in [-0.39, 0.29) is 29.6 Å². The van der Waals surface area contributed by atoms with E-state index in [9.17, 15) is 19.1 Å². The number of carbonyl (C=O) groups excluding carboxylic acids is 1. The quantitative estimate of drug-likeness (QED) is 0.336. The number of hydrogen-bond donors (Lipinski definition) is 0. The second kappa shape index (κ2) is 8.53. The zero-order chi connectivity index (χ0) is 20.1. The lowest BCUT2D eigenvalue weighted by Crippen LogP contribution is -2.10. The molecule has 0 bridgehead atoms. The molecule has 0 amide bonds. The van der Waals surface area contributed by atoms with E-state index < -0.39 is 21.7 Å². The maximum atomic E-state index is 12.3. The van der Waals surface area contributed by atoms with Crippen molar-refractivity contribution in [1.29, 1.82) is 0 Å². The third-order valence-electron chi connectivity index (χ3n) is 3.73. The van der Waals surface area contributed by atoms with Crippen molar-refractivity contribution in [1.82, 2.24) is 10.2 Å². The van der Waals surface area contributed by atoms with Gasteiger partial charge in [0.1, 0.15) is 0 Å². The Bertz CT molecular complexity index is 1030. The number of hydrogen-bond acceptors (Lipinski definition) is 8. The van der Waals surface area contributed by atoms with Gasteiger partial charge in [-0.15, -0.1) is 10.2 Å². The Labute approximate surface area is 162 Å². The highest BCUT2D eigenvalue weighted by Crippen LogP contribution is 2.22. The van der Waals surface area contributed by atoms with Gasteiger partial charge in [-0.1, -0.05) is 19.1 Å². The summed E-state index contributed by atoms with van der Waals surface area (Å²) in [6, 6.07) is 12.1. The van der Waals surface area contributed by atoms with Gasteiger partial charge in [0.25, 0.3) is 11.6 Å². The molecule has 0 aliphatic heterocycles. The van der Waals surface area contributed by atoms with E-state index in [1.165, 1.54) is 24.3 Å². The van der Waals surface area contributed by atoms with Gasteiger partial charge in [-0.25, -0.2) is 4.79 Å². The van der Waals surface area contributed by atoms with E-state index in [1.807, 2.05) is 0 Å². The lowest BCUT2D eigenvalue weighted by molar-refractivity contribution is -0.384. The van der Waals surface area contributed by atoms with Crippen molar-refractivity contribution in [3.8, 4) is 11.5 Å². The Morgan fingerprint density at radius 1 is 1.18 bits per heavy atom. The molecule has 3 aromatic rings. The summed E-state index contributed by atoms with van der Waals surface area (Å²) in [5.41, 5.74) is 0.665. The van der Waals surface area contributed by atoms with E-state index in [0.29, 0.717) is 16.2 Å². The van der Waals surface area contributed by atoms with E-state index >= 15 is 0 Å². The fourth-order valence-corrected chi connectivity index (χ4v) is 3.29. The van der Waals surface area contributed by atoms with Crippen LogP contribution in [0.15, 0.2) is 57.8 Å². The number of aromatic nitrogens is 2. The largest absolute Gasteiger partial charge is 0.452 e. The Morgan fingerprint density at radius 3 is 2.57 bits per heavy atom. The molecule has 0 fully saturated rings. The summed E-state index contributed by atoms with van der Waals surface area (Å²) in [5, 5.41) is 18.3. The lowest BCUT2D eigenvalue weighted by Gasteiger charge is -2.07. The van der Waals surface area contributed by atoms with Crippen molar-refractivity contribution < 1.29 is 23.1 Å². The zero-order valence-electron chi connectivity index (χ0n) is 14.7. The normalized spacial score (nSPS) is 11.8. The second-order valence-electron chi connectivity index (χ2n) is 5.51. The molecule has 10 heteroatoms. The topological polar surface area (TPSA) is 125 Å². The summed E-state index contributed by atoms with van der Waals surface area (Å²) in [6.45, 7) is 1.50. The molecule has 144 valence electrons. The molecule has 9 nitrogen and oxygen atoms in total. The molecule has 0 aliphatic rings. The standard InChI is InChI=1S/C18H15N3O6S/c1-2-28(25)15-6-4-3-5-14(15)18(22)26-11-16-19-20-17(27-16)12-7-9-13(10-8-12)21(23)24/h3-10H,2,11H2,1H3. The number of benzene rings is 2. The molecule has 0 spiro atoms. The monoisotopic (exact) mass is 401 g/mol. The van der Waals surface area contributed by atoms with Crippen LogP contribution in [-0.4, -0.2) is 31.1 Å². The Hall–Kier alpha value is -3.40. The first kappa shape index (κ1) is 19.4. The van der Waals surface area contributed by atoms with Crippen LogP contribution in [0.4, 0.5) is 5.69 Å². The summed E-state index contributed by atoms with van der Waals surface area (Å²) in [4.78, 5) is 22.9. The summed E-state index contributed by atoms with van der Waals surface area (Å²) in [5.74, 6) is -0.0521. The molecule has 0 radical (unpaired) electrons. The predicted octanol–water partition coefficient (Wildman–Crippen LogP) is 3.13. The number of carbonyl (C=O) groups is 1. The Kier molecular flexibility index (Phi) is 5.90. The molecule has 1 unspecified atom stereocenters. The van der Waals surface area contributed by atoms with E-state index in [1.54, 1.807) is 31.2 Å². The van der Waals surface area contributed by atoms with Crippen LogP contribution < -0.4 is 0 Å². The van der Waals surface area contributed by atoms with Crippen LogP contribution in [0.25, 0.3) is 11.5 Å². The Balaban J connectivity index is 1.69. The van der Waals surface area contributed by atoms with Crippen molar-refractivity contribution in [3.63, 3.8) is 0 Å². The molecule has 0 saturated heterocycles. The van der Waals surface area contributed by atoms with Gasteiger partial charge in [0.15, 0.2) is 6.61 Å². The maximum Gasteiger partial charge on any atom is 0.339 e. The average molecular weight is 401 g/mol. The highest BCUT2D eigenvalue weighted by Gasteiger charge is 2.18.